The standard InChI is InChI=1S/C16H15BFN3O2/c17-15(16(20)23)21(9-14(19)22)13-7-3-11(4-8-13)10-1-5-12(18)6-2-10/h1-8,15H,9H2,(H2,19,22)(H2,20,23)/t15-/m0/s1. The second-order valence-electron chi connectivity index (χ2n) is 5.00. The monoisotopic (exact) mass is 311 g/mol. The highest BCUT2D eigenvalue weighted by molar-refractivity contribution is 6.25. The van der Waals surface area contributed by atoms with Crippen molar-refractivity contribution < 1.29 is 14.0 Å². The van der Waals surface area contributed by atoms with Crippen molar-refractivity contribution in [3.05, 3.63) is 54.3 Å². The number of nitrogens with zero attached hydrogens (tertiary/aromatic N) is 1. The number of hydrogen-bond donors (Lipinski definition) is 2. The molecule has 0 aliphatic heterocycles. The molecule has 0 aromatic heterocycles. The van der Waals surface area contributed by atoms with E-state index < -0.39 is 17.8 Å². The van der Waals surface area contributed by atoms with Crippen LogP contribution in [0.25, 0.3) is 11.1 Å². The fourth-order valence-electron chi connectivity index (χ4n) is 2.16. The van der Waals surface area contributed by atoms with Crippen LogP contribution >= 0.6 is 0 Å². The zero-order valence-corrected chi connectivity index (χ0v) is 12.3. The summed E-state index contributed by atoms with van der Waals surface area (Å²) in [5, 5.41) is 0. The van der Waals surface area contributed by atoms with Crippen LogP contribution in [0.3, 0.4) is 0 Å². The van der Waals surface area contributed by atoms with Gasteiger partial charge in [0.25, 0.3) is 0 Å². The molecule has 2 rings (SSSR count). The van der Waals surface area contributed by atoms with Crippen LogP contribution in [0, 0.1) is 5.82 Å². The summed E-state index contributed by atoms with van der Waals surface area (Å²) in [6.45, 7) is -0.236. The van der Waals surface area contributed by atoms with E-state index in [2.05, 4.69) is 0 Å². The van der Waals surface area contributed by atoms with Crippen LogP contribution in [0.5, 0.6) is 0 Å². The Morgan fingerprint density at radius 2 is 1.48 bits per heavy atom. The average molecular weight is 311 g/mol. The largest absolute Gasteiger partial charge is 0.369 e. The van der Waals surface area contributed by atoms with Gasteiger partial charge in [0.05, 0.1) is 12.5 Å². The summed E-state index contributed by atoms with van der Waals surface area (Å²) in [5.41, 5.74) is 12.6. The Labute approximate surface area is 134 Å². The van der Waals surface area contributed by atoms with Gasteiger partial charge in [-0.1, -0.05) is 24.3 Å². The average Bonchev–Trinajstić information content (AvgIpc) is 2.52. The predicted molar refractivity (Wildman–Crippen MR) is 87.1 cm³/mol. The quantitative estimate of drug-likeness (QED) is 0.772. The summed E-state index contributed by atoms with van der Waals surface area (Å²) in [4.78, 5) is 23.8. The van der Waals surface area contributed by atoms with Crippen LogP contribution in [0.15, 0.2) is 48.5 Å². The van der Waals surface area contributed by atoms with E-state index in [0.717, 1.165) is 11.1 Å². The molecule has 2 aromatic carbocycles. The van der Waals surface area contributed by atoms with E-state index in [0.29, 0.717) is 5.69 Å². The Hall–Kier alpha value is -2.83. The normalized spacial score (nSPS) is 11.7. The van der Waals surface area contributed by atoms with E-state index in [1.54, 1.807) is 36.4 Å². The number of carbonyl (C=O) groups is 2. The highest BCUT2D eigenvalue weighted by Gasteiger charge is 2.20. The van der Waals surface area contributed by atoms with E-state index >= 15 is 0 Å². The molecule has 7 heteroatoms. The molecule has 0 spiro atoms. The van der Waals surface area contributed by atoms with E-state index in [9.17, 15) is 14.0 Å². The first-order valence-corrected chi connectivity index (χ1v) is 6.84. The van der Waals surface area contributed by atoms with Crippen LogP contribution in [0.2, 0.25) is 0 Å². The molecule has 0 aliphatic rings. The summed E-state index contributed by atoms with van der Waals surface area (Å²) >= 11 is 0. The van der Waals surface area contributed by atoms with Gasteiger partial charge in [0.2, 0.25) is 11.8 Å². The van der Waals surface area contributed by atoms with Crippen molar-refractivity contribution in [3.8, 4) is 11.1 Å². The molecule has 5 nitrogen and oxygen atoms in total. The van der Waals surface area contributed by atoms with Gasteiger partial charge in [-0.3, -0.25) is 9.59 Å². The summed E-state index contributed by atoms with van der Waals surface area (Å²) in [6, 6.07) is 12.9. The van der Waals surface area contributed by atoms with Gasteiger partial charge < -0.3 is 16.4 Å². The van der Waals surface area contributed by atoms with Gasteiger partial charge in [0.15, 0.2) is 0 Å². The van der Waals surface area contributed by atoms with Gasteiger partial charge in [-0.2, -0.15) is 0 Å². The highest BCUT2D eigenvalue weighted by atomic mass is 19.1. The molecule has 4 N–H and O–H groups in total. The number of carbonyl (C=O) groups excluding carboxylic acids is 2. The third-order valence-electron chi connectivity index (χ3n) is 3.33. The molecule has 2 radical (unpaired) electrons. The second-order valence-corrected chi connectivity index (χ2v) is 5.00. The van der Waals surface area contributed by atoms with Crippen LogP contribution in [-0.4, -0.2) is 32.1 Å². The SMILES string of the molecule is [B][C@H](C(N)=O)N(CC(N)=O)c1ccc(-c2ccc(F)cc2)cc1. The van der Waals surface area contributed by atoms with E-state index in [4.69, 9.17) is 19.3 Å². The maximum atomic E-state index is 13.0. The molecule has 2 amide bonds. The highest BCUT2D eigenvalue weighted by Crippen LogP contribution is 2.24. The van der Waals surface area contributed by atoms with Crippen molar-refractivity contribution in [2.24, 2.45) is 11.5 Å². The lowest BCUT2D eigenvalue weighted by atomic mass is 9.93. The molecular weight excluding hydrogens is 296 g/mol. The number of hydrogen-bond acceptors (Lipinski definition) is 3. The third-order valence-corrected chi connectivity index (χ3v) is 3.33. The Morgan fingerprint density at radius 1 is 1.00 bits per heavy atom. The van der Waals surface area contributed by atoms with Crippen molar-refractivity contribution in [3.63, 3.8) is 0 Å². The smallest absolute Gasteiger partial charge is 0.236 e. The minimum Gasteiger partial charge on any atom is -0.369 e. The van der Waals surface area contributed by atoms with Crippen LogP contribution in [-0.2, 0) is 9.59 Å². The molecule has 0 aliphatic carbocycles. The zero-order valence-electron chi connectivity index (χ0n) is 12.3. The summed E-state index contributed by atoms with van der Waals surface area (Å²) in [7, 11) is 5.71. The van der Waals surface area contributed by atoms with Crippen molar-refractivity contribution >= 4 is 25.3 Å². The van der Waals surface area contributed by atoms with Gasteiger partial charge in [-0.25, -0.2) is 4.39 Å². The van der Waals surface area contributed by atoms with Gasteiger partial charge in [-0.05, 0) is 35.4 Å². The fourth-order valence-corrected chi connectivity index (χ4v) is 2.16. The number of amides is 2. The van der Waals surface area contributed by atoms with Crippen molar-refractivity contribution in [2.75, 3.05) is 11.4 Å². The number of halogens is 1. The summed E-state index contributed by atoms with van der Waals surface area (Å²) in [6.07, 6.45) is 0. The zero-order chi connectivity index (χ0) is 17.0. The van der Waals surface area contributed by atoms with Gasteiger partial charge in [0, 0.05) is 5.69 Å². The maximum absolute atomic E-state index is 13.0. The molecule has 116 valence electrons. The number of anilines is 1. The van der Waals surface area contributed by atoms with Crippen LogP contribution < -0.4 is 16.4 Å². The number of primary amides is 2. The Kier molecular flexibility index (Phi) is 5.00. The molecular formula is C16H15BFN3O2. The molecule has 0 unspecified atom stereocenters. The van der Waals surface area contributed by atoms with E-state index in [-0.39, 0.29) is 12.4 Å². The van der Waals surface area contributed by atoms with E-state index in [1.807, 2.05) is 0 Å². The lowest BCUT2D eigenvalue weighted by Crippen LogP contribution is -2.48. The topological polar surface area (TPSA) is 89.4 Å². The van der Waals surface area contributed by atoms with Crippen LogP contribution in [0.4, 0.5) is 10.1 Å². The first-order chi connectivity index (χ1) is 10.9. The molecule has 0 saturated heterocycles. The lowest BCUT2D eigenvalue weighted by molar-refractivity contribution is -0.118. The summed E-state index contributed by atoms with van der Waals surface area (Å²) in [5.74, 6) is -2.89. The molecule has 2 aromatic rings. The molecule has 1 atom stereocenters. The Morgan fingerprint density at radius 3 is 1.91 bits per heavy atom. The predicted octanol–water partition coefficient (Wildman–Crippen LogP) is 0.764. The van der Waals surface area contributed by atoms with Gasteiger partial charge >= 0.3 is 0 Å². The molecule has 0 bridgehead atoms. The molecule has 0 saturated carbocycles. The first kappa shape index (κ1) is 16.5. The van der Waals surface area contributed by atoms with Crippen molar-refractivity contribution in [1.82, 2.24) is 0 Å². The van der Waals surface area contributed by atoms with Gasteiger partial charge in [-0.15, -0.1) is 0 Å². The summed E-state index contributed by atoms with van der Waals surface area (Å²) < 4.78 is 13.0. The van der Waals surface area contributed by atoms with E-state index in [1.165, 1.54) is 17.0 Å². The number of rotatable bonds is 6. The third kappa shape index (κ3) is 4.09. The lowest BCUT2D eigenvalue weighted by Gasteiger charge is -2.28. The molecule has 23 heavy (non-hydrogen) atoms. The Bertz CT molecular complexity index is 704. The first-order valence-electron chi connectivity index (χ1n) is 6.84. The van der Waals surface area contributed by atoms with Crippen molar-refractivity contribution in [1.29, 1.82) is 0 Å². The second kappa shape index (κ2) is 6.96. The van der Waals surface area contributed by atoms with Crippen molar-refractivity contribution in [2.45, 2.75) is 5.94 Å². The number of nitrogens with two attached hydrogens (primary N) is 2. The Balaban J connectivity index is 2.29. The van der Waals surface area contributed by atoms with Gasteiger partial charge in [0.1, 0.15) is 13.7 Å². The fraction of sp³-hybridized carbons (Fsp3) is 0.125. The minimum atomic E-state index is -1.17. The van der Waals surface area contributed by atoms with Crippen LogP contribution in [0.1, 0.15) is 0 Å². The number of benzene rings is 2. The molecule has 0 heterocycles. The maximum Gasteiger partial charge on any atom is 0.236 e. The minimum absolute atomic E-state index is 0.236. The molecule has 0 fully saturated rings.